The van der Waals surface area contributed by atoms with Gasteiger partial charge >= 0.3 is 0 Å². The zero-order valence-electron chi connectivity index (χ0n) is 14.5. The van der Waals surface area contributed by atoms with Crippen LogP contribution in [0.5, 0.6) is 0 Å². The third-order valence-electron chi connectivity index (χ3n) is 5.31. The van der Waals surface area contributed by atoms with Crippen molar-refractivity contribution in [3.63, 3.8) is 0 Å². The van der Waals surface area contributed by atoms with Gasteiger partial charge in [-0.25, -0.2) is 4.98 Å². The number of oxazole rings is 1. The molecule has 4 unspecified atom stereocenters. The fraction of sp³-hybridized carbons (Fsp3) is 0.409. The molecule has 4 rings (SSSR count). The Labute approximate surface area is 144 Å². The van der Waals surface area contributed by atoms with Gasteiger partial charge in [-0.3, -0.25) is 0 Å². The van der Waals surface area contributed by atoms with Crippen molar-refractivity contribution in [3.05, 3.63) is 66.5 Å². The number of allylic oxidation sites excluding steroid dienone is 9. The molecule has 3 aliphatic rings. The van der Waals surface area contributed by atoms with Gasteiger partial charge in [-0.15, -0.1) is 6.58 Å². The minimum atomic E-state index is 0.119. The van der Waals surface area contributed by atoms with Crippen molar-refractivity contribution in [2.75, 3.05) is 0 Å². The fourth-order valence-corrected chi connectivity index (χ4v) is 3.43. The molecular weight excluding hydrogens is 294 g/mol. The molecule has 1 aromatic rings. The Hall–Kier alpha value is -2.09. The van der Waals surface area contributed by atoms with Crippen LogP contribution in [0.3, 0.4) is 0 Å². The Bertz CT molecular complexity index is 774. The van der Waals surface area contributed by atoms with E-state index in [1.165, 1.54) is 17.6 Å². The maximum atomic E-state index is 6.22. The van der Waals surface area contributed by atoms with E-state index in [1.54, 1.807) is 0 Å². The number of fused-ring (bicyclic) bond motifs is 1. The molecule has 0 aliphatic heterocycles. The standard InChI is InChI=1S/C22H25NO/c1-4-15(3)22-23-20(16-7-5-6-14(2)8-9-16)21(24-22)18-11-10-17-12-19(17)13-18/h4-5,7,9-11,13-15,17,19H,1,6,8,12H2,2-3H3. The number of hydrogen-bond donors (Lipinski definition) is 0. The van der Waals surface area contributed by atoms with Crippen LogP contribution in [-0.2, 0) is 0 Å². The van der Waals surface area contributed by atoms with Gasteiger partial charge in [-0.05, 0) is 42.6 Å². The van der Waals surface area contributed by atoms with Crippen molar-refractivity contribution >= 4 is 11.1 Å². The lowest BCUT2D eigenvalue weighted by atomic mass is 10.00. The largest absolute Gasteiger partial charge is 0.439 e. The molecule has 0 N–H and O–H groups in total. The van der Waals surface area contributed by atoms with Crippen LogP contribution in [0.2, 0.25) is 0 Å². The Morgan fingerprint density at radius 1 is 1.25 bits per heavy atom. The lowest BCUT2D eigenvalue weighted by molar-refractivity contribution is 0.475. The van der Waals surface area contributed by atoms with Crippen LogP contribution in [0.25, 0.3) is 11.1 Å². The molecular formula is C22H25NO. The third kappa shape index (κ3) is 2.86. The highest BCUT2D eigenvalue weighted by Gasteiger charge is 2.36. The number of nitrogens with zero attached hydrogens (tertiary/aromatic N) is 1. The van der Waals surface area contributed by atoms with Crippen LogP contribution in [0, 0.1) is 17.8 Å². The SMILES string of the molecule is C=CC(C)c1nc(C2=CCC(C)CC=C2)c(C2=CC3CC3C=C2)o1. The highest BCUT2D eigenvalue weighted by atomic mass is 16.4. The monoisotopic (exact) mass is 319 g/mol. The topological polar surface area (TPSA) is 26.0 Å². The zero-order chi connectivity index (χ0) is 16.7. The summed E-state index contributed by atoms with van der Waals surface area (Å²) in [6.07, 6.45) is 19.1. The van der Waals surface area contributed by atoms with Crippen molar-refractivity contribution in [1.82, 2.24) is 4.98 Å². The second-order valence-corrected chi connectivity index (χ2v) is 7.44. The minimum absolute atomic E-state index is 0.119. The molecule has 0 aromatic carbocycles. The van der Waals surface area contributed by atoms with Crippen molar-refractivity contribution < 1.29 is 4.42 Å². The molecule has 2 heteroatoms. The molecule has 24 heavy (non-hydrogen) atoms. The van der Waals surface area contributed by atoms with Gasteiger partial charge in [0.05, 0.1) is 5.92 Å². The normalized spacial score (nSPS) is 29.3. The first kappa shape index (κ1) is 15.4. The molecule has 0 amide bonds. The van der Waals surface area contributed by atoms with Crippen molar-refractivity contribution in [3.8, 4) is 0 Å². The van der Waals surface area contributed by atoms with E-state index in [-0.39, 0.29) is 5.92 Å². The molecule has 1 aromatic heterocycles. The molecule has 0 saturated heterocycles. The van der Waals surface area contributed by atoms with Crippen LogP contribution >= 0.6 is 0 Å². The highest BCUT2D eigenvalue weighted by molar-refractivity contribution is 5.84. The quantitative estimate of drug-likeness (QED) is 0.643. The summed E-state index contributed by atoms with van der Waals surface area (Å²) in [5, 5.41) is 0. The van der Waals surface area contributed by atoms with Gasteiger partial charge in [0.2, 0.25) is 5.89 Å². The van der Waals surface area contributed by atoms with Crippen LogP contribution in [0.4, 0.5) is 0 Å². The minimum Gasteiger partial charge on any atom is -0.439 e. The number of aromatic nitrogens is 1. The van der Waals surface area contributed by atoms with Crippen LogP contribution in [0.1, 0.15) is 56.4 Å². The molecule has 124 valence electrons. The van der Waals surface area contributed by atoms with Gasteiger partial charge in [-0.2, -0.15) is 0 Å². The van der Waals surface area contributed by atoms with Crippen molar-refractivity contribution in [2.24, 2.45) is 17.8 Å². The van der Waals surface area contributed by atoms with E-state index in [0.717, 1.165) is 36.1 Å². The van der Waals surface area contributed by atoms with E-state index in [0.29, 0.717) is 11.8 Å². The van der Waals surface area contributed by atoms with Gasteiger partial charge in [0, 0.05) is 5.57 Å². The molecule has 4 atom stereocenters. The van der Waals surface area contributed by atoms with E-state index in [9.17, 15) is 0 Å². The number of rotatable bonds is 4. The summed E-state index contributed by atoms with van der Waals surface area (Å²) in [6.45, 7) is 8.25. The Morgan fingerprint density at radius 3 is 2.92 bits per heavy atom. The first-order valence-corrected chi connectivity index (χ1v) is 9.06. The smallest absolute Gasteiger partial charge is 0.202 e. The summed E-state index contributed by atoms with van der Waals surface area (Å²) in [6, 6.07) is 0. The summed E-state index contributed by atoms with van der Waals surface area (Å²) in [4.78, 5) is 4.85. The molecule has 3 aliphatic carbocycles. The predicted molar refractivity (Wildman–Crippen MR) is 99.3 cm³/mol. The van der Waals surface area contributed by atoms with Crippen LogP contribution in [-0.4, -0.2) is 4.98 Å². The Balaban J connectivity index is 1.78. The van der Waals surface area contributed by atoms with Crippen LogP contribution < -0.4 is 0 Å². The molecule has 0 bridgehead atoms. The fourth-order valence-electron chi connectivity index (χ4n) is 3.43. The van der Waals surface area contributed by atoms with E-state index >= 15 is 0 Å². The van der Waals surface area contributed by atoms with Gasteiger partial charge in [0.25, 0.3) is 0 Å². The van der Waals surface area contributed by atoms with Gasteiger partial charge in [-0.1, -0.05) is 56.4 Å². The van der Waals surface area contributed by atoms with E-state index in [4.69, 9.17) is 9.40 Å². The summed E-state index contributed by atoms with van der Waals surface area (Å²) in [5.74, 6) is 3.93. The summed E-state index contributed by atoms with van der Waals surface area (Å²) >= 11 is 0. The maximum Gasteiger partial charge on any atom is 0.202 e. The van der Waals surface area contributed by atoms with E-state index in [1.807, 2.05) is 6.08 Å². The van der Waals surface area contributed by atoms with Gasteiger partial charge < -0.3 is 4.42 Å². The molecule has 2 nitrogen and oxygen atoms in total. The second-order valence-electron chi connectivity index (χ2n) is 7.44. The average molecular weight is 319 g/mol. The molecule has 0 radical (unpaired) electrons. The Kier molecular flexibility index (Phi) is 3.91. The zero-order valence-corrected chi connectivity index (χ0v) is 14.5. The first-order valence-electron chi connectivity index (χ1n) is 9.06. The third-order valence-corrected chi connectivity index (χ3v) is 5.31. The summed E-state index contributed by atoms with van der Waals surface area (Å²) in [5.41, 5.74) is 3.36. The van der Waals surface area contributed by atoms with Crippen molar-refractivity contribution in [2.45, 2.75) is 39.0 Å². The lowest BCUT2D eigenvalue weighted by Gasteiger charge is -2.06. The number of hydrogen-bond acceptors (Lipinski definition) is 2. The highest BCUT2D eigenvalue weighted by Crippen LogP contribution is 2.47. The predicted octanol–water partition coefficient (Wildman–Crippen LogP) is 5.92. The molecule has 1 heterocycles. The Morgan fingerprint density at radius 2 is 2.12 bits per heavy atom. The van der Waals surface area contributed by atoms with Gasteiger partial charge in [0.1, 0.15) is 5.69 Å². The van der Waals surface area contributed by atoms with Crippen LogP contribution in [0.15, 0.2) is 53.5 Å². The lowest BCUT2D eigenvalue weighted by Crippen LogP contribution is -1.93. The summed E-state index contributed by atoms with van der Waals surface area (Å²) < 4.78 is 6.22. The van der Waals surface area contributed by atoms with Gasteiger partial charge in [0.15, 0.2) is 5.76 Å². The second kappa shape index (κ2) is 6.08. The molecule has 1 saturated carbocycles. The molecule has 1 fully saturated rings. The maximum absolute atomic E-state index is 6.22. The summed E-state index contributed by atoms with van der Waals surface area (Å²) in [7, 11) is 0. The molecule has 0 spiro atoms. The average Bonchev–Trinajstić information content (AvgIpc) is 3.29. The first-order chi connectivity index (χ1) is 11.7. The van der Waals surface area contributed by atoms with Crippen molar-refractivity contribution in [1.29, 1.82) is 0 Å². The van der Waals surface area contributed by atoms with E-state index < -0.39 is 0 Å². The van der Waals surface area contributed by atoms with E-state index in [2.05, 4.69) is 56.9 Å².